The minimum absolute atomic E-state index is 0.132. The van der Waals surface area contributed by atoms with Crippen molar-refractivity contribution in [1.82, 2.24) is 5.32 Å². The summed E-state index contributed by atoms with van der Waals surface area (Å²) in [5.74, 6) is -0.322. The van der Waals surface area contributed by atoms with E-state index in [1.165, 1.54) is 11.8 Å². The van der Waals surface area contributed by atoms with Crippen LogP contribution >= 0.6 is 11.8 Å². The first-order chi connectivity index (χ1) is 10.6. The molecule has 1 aliphatic rings. The Morgan fingerprint density at radius 3 is 2.70 bits per heavy atom. The van der Waals surface area contributed by atoms with E-state index in [9.17, 15) is 9.59 Å². The number of nitrogens with zero attached hydrogens (tertiary/aromatic N) is 1. The van der Waals surface area contributed by atoms with E-state index in [1.807, 2.05) is 52.8 Å². The number of hydrogen-bond acceptors (Lipinski definition) is 4. The number of nitrogens with one attached hydrogen (secondary N) is 2. The van der Waals surface area contributed by atoms with Crippen molar-refractivity contribution in [3.63, 3.8) is 0 Å². The van der Waals surface area contributed by atoms with E-state index in [1.54, 1.807) is 0 Å². The lowest BCUT2D eigenvalue weighted by Gasteiger charge is -2.12. The fraction of sp³-hybridized carbons (Fsp3) is 0.471. The average Bonchev–Trinajstić information content (AvgIpc) is 2.71. The van der Waals surface area contributed by atoms with Gasteiger partial charge in [0.25, 0.3) is 0 Å². The van der Waals surface area contributed by atoms with Crippen LogP contribution in [0.2, 0.25) is 0 Å². The van der Waals surface area contributed by atoms with Crippen LogP contribution in [0.25, 0.3) is 0 Å². The van der Waals surface area contributed by atoms with Gasteiger partial charge in [0, 0.05) is 12.1 Å². The third-order valence-corrected chi connectivity index (χ3v) is 4.33. The van der Waals surface area contributed by atoms with Crippen LogP contribution in [0.3, 0.4) is 0 Å². The number of carbonyl (C=O) groups is 2. The number of aliphatic imine (C=N–C) groups is 1. The highest BCUT2D eigenvalue weighted by atomic mass is 32.2. The first-order valence-corrected chi connectivity index (χ1v) is 8.46. The molecular weight excluding hydrogens is 310 g/mol. The number of hydrogen-bond donors (Lipinski definition) is 2. The van der Waals surface area contributed by atoms with Gasteiger partial charge in [0.2, 0.25) is 11.8 Å². The number of carbonyl (C=O) groups excluding carboxylic acids is 2. The Morgan fingerprint density at radius 2 is 2.04 bits per heavy atom. The highest BCUT2D eigenvalue weighted by Gasteiger charge is 2.32. The zero-order valence-electron chi connectivity index (χ0n) is 14.2. The summed E-state index contributed by atoms with van der Waals surface area (Å²) in [7, 11) is 0. The molecule has 1 aliphatic heterocycles. The maximum absolute atomic E-state index is 12.2. The molecule has 1 aromatic rings. The van der Waals surface area contributed by atoms with Gasteiger partial charge in [-0.2, -0.15) is 0 Å². The second-order valence-electron chi connectivity index (χ2n) is 6.75. The number of anilines is 1. The highest BCUT2D eigenvalue weighted by Crippen LogP contribution is 2.25. The molecular formula is C17H23N3O2S. The van der Waals surface area contributed by atoms with E-state index in [0.717, 1.165) is 16.8 Å². The maximum atomic E-state index is 12.2. The van der Waals surface area contributed by atoms with E-state index >= 15 is 0 Å². The van der Waals surface area contributed by atoms with Crippen molar-refractivity contribution < 1.29 is 9.59 Å². The minimum Gasteiger partial charge on any atom is -0.326 e. The molecule has 0 spiro atoms. The molecule has 0 bridgehead atoms. The van der Waals surface area contributed by atoms with Crippen molar-refractivity contribution in [3.8, 4) is 0 Å². The zero-order chi connectivity index (χ0) is 17.2. The van der Waals surface area contributed by atoms with E-state index in [0.29, 0.717) is 5.17 Å². The smallest absolute Gasteiger partial charge is 0.240 e. The van der Waals surface area contributed by atoms with Gasteiger partial charge in [-0.25, -0.2) is 0 Å². The normalized spacial score (nSPS) is 19.8. The lowest BCUT2D eigenvalue weighted by atomic mass is 10.1. The molecule has 0 aromatic heterocycles. The first kappa shape index (κ1) is 17.5. The van der Waals surface area contributed by atoms with Gasteiger partial charge in [0.05, 0.1) is 5.54 Å². The summed E-state index contributed by atoms with van der Waals surface area (Å²) in [6.45, 7) is 9.82. The molecule has 1 fully saturated rings. The number of aryl methyl sites for hydroxylation is 2. The summed E-state index contributed by atoms with van der Waals surface area (Å²) in [5.41, 5.74) is 2.62. The minimum atomic E-state index is -0.429. The fourth-order valence-electron chi connectivity index (χ4n) is 2.14. The Hall–Kier alpha value is -1.82. The SMILES string of the molecule is Cc1ccc(C)c(NC(=O)C[C@H]2SC(=NC(C)(C)C)NC2=O)c1. The highest BCUT2D eigenvalue weighted by molar-refractivity contribution is 8.15. The molecule has 1 aromatic carbocycles. The van der Waals surface area contributed by atoms with Gasteiger partial charge in [0.15, 0.2) is 5.17 Å². The molecule has 0 aliphatic carbocycles. The number of thioether (sulfide) groups is 1. The van der Waals surface area contributed by atoms with Crippen molar-refractivity contribution in [1.29, 1.82) is 0 Å². The Bertz CT molecular complexity index is 662. The molecule has 2 rings (SSSR count). The quantitative estimate of drug-likeness (QED) is 0.893. The maximum Gasteiger partial charge on any atom is 0.240 e. The van der Waals surface area contributed by atoms with Gasteiger partial charge in [0.1, 0.15) is 5.25 Å². The van der Waals surface area contributed by atoms with E-state index in [4.69, 9.17) is 0 Å². The predicted molar refractivity (Wildman–Crippen MR) is 95.9 cm³/mol. The van der Waals surface area contributed by atoms with Crippen LogP contribution in [0.4, 0.5) is 5.69 Å². The van der Waals surface area contributed by atoms with Gasteiger partial charge in [-0.3, -0.25) is 14.6 Å². The summed E-state index contributed by atoms with van der Waals surface area (Å²) in [6, 6.07) is 5.90. The van der Waals surface area contributed by atoms with Crippen LogP contribution in [0.1, 0.15) is 38.3 Å². The van der Waals surface area contributed by atoms with Gasteiger partial charge < -0.3 is 10.6 Å². The van der Waals surface area contributed by atoms with Crippen molar-refractivity contribution >= 4 is 34.4 Å². The van der Waals surface area contributed by atoms with Gasteiger partial charge >= 0.3 is 0 Å². The molecule has 124 valence electrons. The summed E-state index contributed by atoms with van der Waals surface area (Å²) >= 11 is 1.32. The van der Waals surface area contributed by atoms with E-state index < -0.39 is 5.25 Å². The van der Waals surface area contributed by atoms with Crippen LogP contribution in [-0.2, 0) is 9.59 Å². The molecule has 0 saturated carbocycles. The van der Waals surface area contributed by atoms with Crippen LogP contribution in [0.5, 0.6) is 0 Å². The predicted octanol–water partition coefficient (Wildman–Crippen LogP) is 3.02. The van der Waals surface area contributed by atoms with Crippen LogP contribution in [-0.4, -0.2) is 27.8 Å². The van der Waals surface area contributed by atoms with Gasteiger partial charge in [-0.15, -0.1) is 0 Å². The molecule has 1 saturated heterocycles. The third-order valence-electron chi connectivity index (χ3n) is 3.25. The van der Waals surface area contributed by atoms with Gasteiger partial charge in [-0.1, -0.05) is 23.9 Å². The van der Waals surface area contributed by atoms with E-state index in [2.05, 4.69) is 15.6 Å². The number of amides is 2. The lowest BCUT2D eigenvalue weighted by molar-refractivity contribution is -0.122. The molecule has 2 N–H and O–H groups in total. The second kappa shape index (κ2) is 6.74. The third kappa shape index (κ3) is 5.10. The summed E-state index contributed by atoms with van der Waals surface area (Å²) < 4.78 is 0. The van der Waals surface area contributed by atoms with E-state index in [-0.39, 0.29) is 23.8 Å². The summed E-state index contributed by atoms with van der Waals surface area (Å²) in [4.78, 5) is 28.7. The summed E-state index contributed by atoms with van der Waals surface area (Å²) in [6.07, 6.45) is 0.132. The largest absolute Gasteiger partial charge is 0.326 e. The standard InChI is InChI=1S/C17H23N3O2S/c1-10-6-7-11(2)12(8-10)18-14(21)9-13-15(22)19-16(23-13)20-17(3,4)5/h6-8,13H,9H2,1-5H3,(H,18,21)(H,19,20,22)/t13-/m1/s1. The number of amidine groups is 1. The fourth-order valence-corrected chi connectivity index (χ4v) is 3.29. The Balaban J connectivity index is 1.99. The van der Waals surface area contributed by atoms with Gasteiger partial charge in [-0.05, 0) is 51.8 Å². The lowest BCUT2D eigenvalue weighted by Crippen LogP contribution is -2.29. The van der Waals surface area contributed by atoms with Crippen molar-refractivity contribution in [3.05, 3.63) is 29.3 Å². The molecule has 0 radical (unpaired) electrons. The topological polar surface area (TPSA) is 70.6 Å². The molecule has 6 heteroatoms. The number of benzene rings is 1. The monoisotopic (exact) mass is 333 g/mol. The molecule has 0 unspecified atom stereocenters. The summed E-state index contributed by atoms with van der Waals surface area (Å²) in [5, 5.41) is 5.79. The van der Waals surface area contributed by atoms with Crippen molar-refractivity contribution in [2.24, 2.45) is 4.99 Å². The molecule has 5 nitrogen and oxygen atoms in total. The first-order valence-electron chi connectivity index (χ1n) is 7.58. The van der Waals surface area contributed by atoms with Crippen LogP contribution in [0, 0.1) is 13.8 Å². The van der Waals surface area contributed by atoms with Crippen LogP contribution < -0.4 is 10.6 Å². The Morgan fingerprint density at radius 1 is 1.35 bits per heavy atom. The molecule has 1 atom stereocenters. The Kier molecular flexibility index (Phi) is 5.14. The molecule has 1 heterocycles. The van der Waals surface area contributed by atoms with Crippen molar-refractivity contribution in [2.45, 2.75) is 51.8 Å². The molecule has 2 amide bonds. The average molecular weight is 333 g/mol. The second-order valence-corrected chi connectivity index (χ2v) is 7.95. The zero-order valence-corrected chi connectivity index (χ0v) is 15.0. The molecule has 23 heavy (non-hydrogen) atoms. The van der Waals surface area contributed by atoms with Crippen LogP contribution in [0.15, 0.2) is 23.2 Å². The van der Waals surface area contributed by atoms with Crippen molar-refractivity contribution in [2.75, 3.05) is 5.32 Å². The Labute approximate surface area is 141 Å². The number of rotatable bonds is 3.